The fraction of sp³-hybridized carbons (Fsp3) is 0.812. The van der Waals surface area contributed by atoms with Gasteiger partial charge in [-0.2, -0.15) is 4.89 Å². The van der Waals surface area contributed by atoms with E-state index < -0.39 is 0 Å². The van der Waals surface area contributed by atoms with Crippen LogP contribution in [0.4, 0.5) is 5.95 Å². The first-order valence-corrected chi connectivity index (χ1v) is 8.45. The smallest absolute Gasteiger partial charge is 0.339 e. The summed E-state index contributed by atoms with van der Waals surface area (Å²) < 4.78 is 10.4. The summed E-state index contributed by atoms with van der Waals surface area (Å²) in [5, 5.41) is 0. The third-order valence-electron chi connectivity index (χ3n) is 3.53. The van der Waals surface area contributed by atoms with Gasteiger partial charge in [-0.3, -0.25) is 0 Å². The molecule has 0 aliphatic rings. The lowest BCUT2D eigenvalue weighted by Crippen LogP contribution is -2.44. The fourth-order valence-electron chi connectivity index (χ4n) is 2.01. The molecule has 0 aliphatic carbocycles. The predicted molar refractivity (Wildman–Crippen MR) is 91.9 cm³/mol. The van der Waals surface area contributed by atoms with E-state index in [2.05, 4.69) is 21.9 Å². The van der Waals surface area contributed by atoms with Gasteiger partial charge in [0.1, 0.15) is 0 Å². The molecule has 1 heterocycles. The van der Waals surface area contributed by atoms with Crippen LogP contribution in [0.3, 0.4) is 0 Å². The number of ether oxygens (including phenoxy) is 2. The van der Waals surface area contributed by atoms with Crippen molar-refractivity contribution in [3.05, 3.63) is 0 Å². The molecule has 0 saturated heterocycles. The Morgan fingerprint density at radius 1 is 0.792 bits per heavy atom. The Morgan fingerprint density at radius 3 is 1.96 bits per heavy atom. The summed E-state index contributed by atoms with van der Waals surface area (Å²) in [6.07, 6.45) is 7.29. The van der Waals surface area contributed by atoms with E-state index >= 15 is 0 Å². The van der Waals surface area contributed by atoms with Crippen LogP contribution in [0.5, 0.6) is 12.0 Å². The van der Waals surface area contributed by atoms with Gasteiger partial charge in [-0.05, 0) is 6.42 Å². The monoisotopic (exact) mass is 343 g/mol. The molecule has 0 radical (unpaired) electrons. The summed E-state index contributed by atoms with van der Waals surface area (Å²) in [4.78, 5) is 23.0. The molecule has 0 aromatic carbocycles. The van der Waals surface area contributed by atoms with E-state index in [1.54, 1.807) is 0 Å². The highest BCUT2D eigenvalue weighted by atomic mass is 17.2. The van der Waals surface area contributed by atoms with Crippen molar-refractivity contribution in [2.45, 2.75) is 45.4 Å². The van der Waals surface area contributed by atoms with E-state index in [0.29, 0.717) is 12.6 Å². The quantitative estimate of drug-likeness (QED) is 0.179. The molecule has 138 valence electrons. The second kappa shape index (κ2) is 11.1. The van der Waals surface area contributed by atoms with Crippen LogP contribution in [0.15, 0.2) is 0 Å². The molecule has 0 atom stereocenters. The zero-order valence-corrected chi connectivity index (χ0v) is 15.6. The molecule has 0 fully saturated rings. The molecule has 0 unspecified atom stereocenters. The van der Waals surface area contributed by atoms with Crippen molar-refractivity contribution in [1.82, 2.24) is 19.4 Å². The number of quaternary nitrogens is 1. The number of nitrogens with zero attached hydrogens (tertiary/aromatic N) is 4. The van der Waals surface area contributed by atoms with E-state index in [9.17, 15) is 0 Å². The minimum atomic E-state index is 0.205. The highest BCUT2D eigenvalue weighted by Gasteiger charge is 2.26. The van der Waals surface area contributed by atoms with Gasteiger partial charge in [0, 0.05) is 0 Å². The van der Waals surface area contributed by atoms with Gasteiger partial charge < -0.3 is 9.47 Å². The Hall–Kier alpha value is -1.51. The minimum Gasteiger partial charge on any atom is -0.466 e. The number of aromatic nitrogens is 3. The molecule has 1 rings (SSSR count). The van der Waals surface area contributed by atoms with Crippen molar-refractivity contribution in [2.24, 2.45) is 0 Å². The highest BCUT2D eigenvalue weighted by molar-refractivity contribution is 5.25. The van der Waals surface area contributed by atoms with Gasteiger partial charge >= 0.3 is 18.0 Å². The van der Waals surface area contributed by atoms with Crippen LogP contribution < -0.4 is 14.0 Å². The van der Waals surface area contributed by atoms with Crippen LogP contribution in [-0.2, 0) is 9.78 Å². The summed E-state index contributed by atoms with van der Waals surface area (Å²) in [7, 11) is 6.81. The molecule has 0 bridgehead atoms. The number of unbranched alkanes of at least 4 members (excludes halogenated alkanes) is 5. The number of rotatable bonds is 13. The largest absolute Gasteiger partial charge is 0.466 e. The minimum absolute atomic E-state index is 0.205. The molecule has 1 aromatic heterocycles. The van der Waals surface area contributed by atoms with Gasteiger partial charge in [0.25, 0.3) is 0 Å². The highest BCUT2D eigenvalue weighted by Crippen LogP contribution is 2.19. The normalized spacial score (nSPS) is 11.5. The Labute approximate surface area is 144 Å². The van der Waals surface area contributed by atoms with Crippen LogP contribution in [0.2, 0.25) is 0 Å². The summed E-state index contributed by atoms with van der Waals surface area (Å²) in [6.45, 7) is 3.08. The maximum Gasteiger partial charge on any atom is 0.339 e. The first-order valence-electron chi connectivity index (χ1n) is 8.45. The van der Waals surface area contributed by atoms with Crippen molar-refractivity contribution < 1.29 is 19.2 Å². The fourth-order valence-corrected chi connectivity index (χ4v) is 2.01. The standard InChI is InChI=1S/C16H31N4O4/c1-6-7-8-9-10-11-12-23-24-13-20(2,3)14-17-15(21-4)19-16(18-14)22-5/h6-13H2,1-5H3/q+1. The predicted octanol–water partition coefficient (Wildman–Crippen LogP) is 2.72. The van der Waals surface area contributed by atoms with E-state index in [1.807, 2.05) is 14.1 Å². The van der Waals surface area contributed by atoms with Crippen LogP contribution >= 0.6 is 0 Å². The number of methoxy groups -OCH3 is 2. The van der Waals surface area contributed by atoms with Crippen molar-refractivity contribution in [1.29, 1.82) is 0 Å². The molecule has 0 saturated carbocycles. The molecule has 0 spiro atoms. The number of hydrogen-bond acceptors (Lipinski definition) is 7. The average molecular weight is 343 g/mol. The van der Waals surface area contributed by atoms with Gasteiger partial charge in [0.05, 0.1) is 34.9 Å². The van der Waals surface area contributed by atoms with Crippen LogP contribution in [0.25, 0.3) is 0 Å². The summed E-state index contributed by atoms with van der Waals surface area (Å²) in [5.41, 5.74) is 0. The van der Waals surface area contributed by atoms with Crippen molar-refractivity contribution in [2.75, 3.05) is 41.7 Å². The second-order valence-corrected chi connectivity index (χ2v) is 6.13. The summed E-state index contributed by atoms with van der Waals surface area (Å²) in [5.74, 6) is 0.474. The van der Waals surface area contributed by atoms with Gasteiger partial charge in [0.2, 0.25) is 6.73 Å². The van der Waals surface area contributed by atoms with Gasteiger partial charge in [-0.1, -0.05) is 39.0 Å². The summed E-state index contributed by atoms with van der Waals surface area (Å²) >= 11 is 0. The van der Waals surface area contributed by atoms with Crippen molar-refractivity contribution >= 4 is 5.95 Å². The SMILES string of the molecule is CCCCCCCCOOC[N+](C)(C)c1nc(OC)nc(OC)n1. The molecule has 0 aliphatic heterocycles. The first-order chi connectivity index (χ1) is 11.5. The topological polar surface area (TPSA) is 75.6 Å². The number of hydrogen-bond donors (Lipinski definition) is 0. The Kier molecular flexibility index (Phi) is 9.51. The maximum atomic E-state index is 5.32. The molecule has 8 nitrogen and oxygen atoms in total. The van der Waals surface area contributed by atoms with Crippen LogP contribution in [0.1, 0.15) is 45.4 Å². The lowest BCUT2D eigenvalue weighted by atomic mass is 10.1. The van der Waals surface area contributed by atoms with E-state index in [0.717, 1.165) is 6.42 Å². The molecular weight excluding hydrogens is 312 g/mol. The third kappa shape index (κ3) is 7.37. The lowest BCUT2D eigenvalue weighted by Gasteiger charge is -2.25. The molecular formula is C16H31N4O4+. The second-order valence-electron chi connectivity index (χ2n) is 6.13. The molecule has 1 aromatic rings. The van der Waals surface area contributed by atoms with Gasteiger partial charge in [0.15, 0.2) is 0 Å². The Balaban J connectivity index is 2.36. The molecule has 24 heavy (non-hydrogen) atoms. The van der Waals surface area contributed by atoms with Crippen molar-refractivity contribution in [3.8, 4) is 12.0 Å². The van der Waals surface area contributed by atoms with E-state index in [1.165, 1.54) is 46.3 Å². The maximum absolute atomic E-state index is 5.32. The average Bonchev–Trinajstić information content (AvgIpc) is 2.59. The van der Waals surface area contributed by atoms with E-state index in [-0.39, 0.29) is 23.2 Å². The van der Waals surface area contributed by atoms with Crippen molar-refractivity contribution in [3.63, 3.8) is 0 Å². The molecule has 8 heteroatoms. The third-order valence-corrected chi connectivity index (χ3v) is 3.53. The van der Waals surface area contributed by atoms with Gasteiger partial charge in [-0.15, -0.1) is 15.0 Å². The Morgan fingerprint density at radius 2 is 1.38 bits per heavy atom. The lowest BCUT2D eigenvalue weighted by molar-refractivity contribution is -0.311. The summed E-state index contributed by atoms with van der Waals surface area (Å²) in [6, 6.07) is 0.409. The van der Waals surface area contributed by atoms with Crippen LogP contribution in [-0.4, -0.2) is 56.6 Å². The van der Waals surface area contributed by atoms with Gasteiger partial charge in [-0.25, -0.2) is 9.37 Å². The molecule has 0 N–H and O–H groups in total. The van der Waals surface area contributed by atoms with Crippen LogP contribution in [0, 0.1) is 0 Å². The Bertz CT molecular complexity index is 449. The molecule has 0 amide bonds. The van der Waals surface area contributed by atoms with E-state index in [4.69, 9.17) is 19.2 Å². The zero-order valence-electron chi connectivity index (χ0n) is 15.6. The first kappa shape index (κ1) is 20.5. The zero-order chi connectivity index (χ0) is 17.8.